The number of hydrogen-bond donors (Lipinski definition) is 0. The average molecular weight is 201 g/mol. The van der Waals surface area contributed by atoms with E-state index in [1.54, 1.807) is 17.0 Å². The van der Waals surface area contributed by atoms with Crippen LogP contribution in [0.4, 0.5) is 0 Å². The van der Waals surface area contributed by atoms with Gasteiger partial charge < -0.3 is 4.57 Å². The van der Waals surface area contributed by atoms with Gasteiger partial charge in [0.15, 0.2) is 5.15 Å². The molecule has 1 aromatic rings. The molecule has 13 heavy (non-hydrogen) atoms. The molecule has 1 aromatic heterocycles. The average Bonchev–Trinajstić information content (AvgIpc) is 2.13. The highest BCUT2D eigenvalue weighted by Gasteiger charge is 2.04. The van der Waals surface area contributed by atoms with E-state index >= 15 is 0 Å². The Hall–Kier alpha value is -0.830. The monoisotopic (exact) mass is 200 g/mol. The summed E-state index contributed by atoms with van der Waals surface area (Å²) in [7, 11) is 0. The lowest BCUT2D eigenvalue weighted by Crippen LogP contribution is -2.23. The lowest BCUT2D eigenvalue weighted by Gasteiger charge is -2.10. The van der Waals surface area contributed by atoms with Gasteiger partial charge in [0, 0.05) is 18.9 Å². The topological polar surface area (TPSA) is 34.9 Å². The highest BCUT2D eigenvalue weighted by molar-refractivity contribution is 6.29. The van der Waals surface area contributed by atoms with E-state index < -0.39 is 0 Å². The van der Waals surface area contributed by atoms with Crippen LogP contribution in [0.1, 0.15) is 20.3 Å². The van der Waals surface area contributed by atoms with Crippen molar-refractivity contribution in [3.8, 4) is 0 Å². The van der Waals surface area contributed by atoms with Crippen molar-refractivity contribution in [1.82, 2.24) is 9.55 Å². The highest BCUT2D eigenvalue weighted by Crippen LogP contribution is 2.03. The van der Waals surface area contributed by atoms with Crippen LogP contribution in [-0.4, -0.2) is 9.55 Å². The van der Waals surface area contributed by atoms with E-state index in [2.05, 4.69) is 18.8 Å². The first-order valence-electron chi connectivity index (χ1n) is 4.36. The van der Waals surface area contributed by atoms with Gasteiger partial charge in [-0.1, -0.05) is 31.9 Å². The molecule has 0 aliphatic carbocycles. The highest BCUT2D eigenvalue weighted by atomic mass is 35.5. The third kappa shape index (κ3) is 2.56. The van der Waals surface area contributed by atoms with Crippen molar-refractivity contribution in [2.75, 3.05) is 0 Å². The lowest BCUT2D eigenvalue weighted by atomic mass is 10.1. The zero-order chi connectivity index (χ0) is 9.84. The molecule has 1 atom stereocenters. The Morgan fingerprint density at radius 2 is 2.38 bits per heavy atom. The number of halogens is 1. The van der Waals surface area contributed by atoms with Gasteiger partial charge >= 0.3 is 0 Å². The smallest absolute Gasteiger partial charge is 0.288 e. The summed E-state index contributed by atoms with van der Waals surface area (Å²) in [4.78, 5) is 15.1. The second-order valence-corrected chi connectivity index (χ2v) is 3.55. The molecule has 0 saturated carbocycles. The van der Waals surface area contributed by atoms with Gasteiger partial charge in [-0.2, -0.15) is 0 Å². The van der Waals surface area contributed by atoms with Gasteiger partial charge in [0.25, 0.3) is 5.56 Å². The van der Waals surface area contributed by atoms with Crippen LogP contribution in [0.5, 0.6) is 0 Å². The zero-order valence-electron chi connectivity index (χ0n) is 7.83. The number of nitrogens with zero attached hydrogens (tertiary/aromatic N) is 2. The van der Waals surface area contributed by atoms with Crippen LogP contribution in [-0.2, 0) is 6.54 Å². The van der Waals surface area contributed by atoms with Crippen molar-refractivity contribution >= 4 is 11.6 Å². The number of aromatic nitrogens is 2. The van der Waals surface area contributed by atoms with E-state index in [0.29, 0.717) is 12.5 Å². The third-order valence-corrected chi connectivity index (χ3v) is 2.34. The first-order chi connectivity index (χ1) is 6.15. The summed E-state index contributed by atoms with van der Waals surface area (Å²) in [5.41, 5.74) is -0.204. The zero-order valence-corrected chi connectivity index (χ0v) is 8.58. The summed E-state index contributed by atoms with van der Waals surface area (Å²) >= 11 is 5.60. The van der Waals surface area contributed by atoms with Gasteiger partial charge in [-0.3, -0.25) is 4.79 Å². The predicted molar refractivity (Wildman–Crippen MR) is 53.0 cm³/mol. The summed E-state index contributed by atoms with van der Waals surface area (Å²) in [5.74, 6) is 0.483. The van der Waals surface area contributed by atoms with Gasteiger partial charge in [0.2, 0.25) is 0 Å². The summed E-state index contributed by atoms with van der Waals surface area (Å²) in [6.07, 6.45) is 4.26. The fourth-order valence-corrected chi connectivity index (χ4v) is 1.19. The van der Waals surface area contributed by atoms with Crippen LogP contribution < -0.4 is 5.56 Å². The minimum Gasteiger partial charge on any atom is -0.311 e. The normalized spacial score (nSPS) is 12.8. The van der Waals surface area contributed by atoms with E-state index in [9.17, 15) is 4.79 Å². The quantitative estimate of drug-likeness (QED) is 0.748. The standard InChI is InChI=1S/C9H13ClN2O/c1-3-7(2)6-12-5-4-11-8(10)9(12)13/h4-5,7H,3,6H2,1-2H3. The van der Waals surface area contributed by atoms with Crippen molar-refractivity contribution < 1.29 is 0 Å². The van der Waals surface area contributed by atoms with Gasteiger partial charge in [-0.05, 0) is 5.92 Å². The molecule has 0 amide bonds. The third-order valence-electron chi connectivity index (χ3n) is 2.08. The molecule has 1 rings (SSSR count). The molecule has 0 aromatic carbocycles. The first-order valence-corrected chi connectivity index (χ1v) is 4.74. The summed E-state index contributed by atoms with van der Waals surface area (Å²) < 4.78 is 1.60. The molecule has 0 fully saturated rings. The van der Waals surface area contributed by atoms with Crippen LogP contribution in [0.2, 0.25) is 5.15 Å². The Morgan fingerprint density at radius 1 is 1.69 bits per heavy atom. The minimum atomic E-state index is -0.204. The lowest BCUT2D eigenvalue weighted by molar-refractivity contribution is 0.458. The van der Waals surface area contributed by atoms with E-state index in [1.807, 2.05) is 0 Å². The summed E-state index contributed by atoms with van der Waals surface area (Å²) in [6, 6.07) is 0. The first kappa shape index (κ1) is 10.3. The maximum atomic E-state index is 11.4. The molecule has 1 heterocycles. The van der Waals surface area contributed by atoms with Gasteiger partial charge in [0.1, 0.15) is 0 Å². The molecule has 0 aliphatic rings. The Morgan fingerprint density at radius 3 is 3.00 bits per heavy atom. The fraction of sp³-hybridized carbons (Fsp3) is 0.556. The molecule has 1 unspecified atom stereocenters. The molecule has 0 aliphatic heterocycles. The molecular formula is C9H13ClN2O. The second kappa shape index (κ2) is 4.42. The minimum absolute atomic E-state index is 0.0470. The summed E-state index contributed by atoms with van der Waals surface area (Å²) in [6.45, 7) is 4.90. The van der Waals surface area contributed by atoms with E-state index in [1.165, 1.54) is 0 Å². The fourth-order valence-electron chi connectivity index (χ4n) is 1.03. The van der Waals surface area contributed by atoms with Crippen molar-refractivity contribution in [2.24, 2.45) is 5.92 Å². The molecular weight excluding hydrogens is 188 g/mol. The Labute approximate surface area is 82.4 Å². The Bertz CT molecular complexity index is 335. The molecule has 72 valence electrons. The van der Waals surface area contributed by atoms with E-state index in [0.717, 1.165) is 6.42 Å². The SMILES string of the molecule is CCC(C)Cn1ccnc(Cl)c1=O. The predicted octanol–water partition coefficient (Wildman–Crippen LogP) is 1.94. The van der Waals surface area contributed by atoms with Crippen LogP contribution in [0.25, 0.3) is 0 Å². The molecule has 3 nitrogen and oxygen atoms in total. The van der Waals surface area contributed by atoms with Gasteiger partial charge in [-0.25, -0.2) is 4.98 Å². The largest absolute Gasteiger partial charge is 0.311 e. The van der Waals surface area contributed by atoms with Crippen LogP contribution >= 0.6 is 11.6 Å². The Kier molecular flexibility index (Phi) is 3.48. The van der Waals surface area contributed by atoms with E-state index in [4.69, 9.17) is 11.6 Å². The number of rotatable bonds is 3. The van der Waals surface area contributed by atoms with Crippen LogP contribution in [0, 0.1) is 5.92 Å². The second-order valence-electron chi connectivity index (χ2n) is 3.19. The van der Waals surface area contributed by atoms with Crippen molar-refractivity contribution in [3.05, 3.63) is 27.9 Å². The molecule has 0 radical (unpaired) electrons. The van der Waals surface area contributed by atoms with Crippen molar-refractivity contribution in [3.63, 3.8) is 0 Å². The molecule has 0 spiro atoms. The molecule has 0 bridgehead atoms. The van der Waals surface area contributed by atoms with E-state index in [-0.39, 0.29) is 10.7 Å². The molecule has 0 N–H and O–H groups in total. The number of hydrogen-bond acceptors (Lipinski definition) is 2. The Balaban J connectivity index is 2.89. The van der Waals surface area contributed by atoms with Crippen LogP contribution in [0.3, 0.4) is 0 Å². The van der Waals surface area contributed by atoms with Crippen LogP contribution in [0.15, 0.2) is 17.2 Å². The maximum absolute atomic E-state index is 11.4. The van der Waals surface area contributed by atoms with Crippen molar-refractivity contribution in [1.29, 1.82) is 0 Å². The molecule has 4 heteroatoms. The van der Waals surface area contributed by atoms with Crippen molar-refractivity contribution in [2.45, 2.75) is 26.8 Å². The summed E-state index contributed by atoms with van der Waals surface area (Å²) in [5, 5.41) is 0.0470. The van der Waals surface area contributed by atoms with Gasteiger partial charge in [-0.15, -0.1) is 0 Å². The van der Waals surface area contributed by atoms with Gasteiger partial charge in [0.05, 0.1) is 0 Å². The maximum Gasteiger partial charge on any atom is 0.288 e. The molecule has 0 saturated heterocycles.